The lowest BCUT2D eigenvalue weighted by Gasteiger charge is -2.24. The van der Waals surface area contributed by atoms with Crippen molar-refractivity contribution in [3.8, 4) is 0 Å². The van der Waals surface area contributed by atoms with Gasteiger partial charge in [-0.2, -0.15) is 0 Å². The van der Waals surface area contributed by atoms with Gasteiger partial charge in [0.05, 0.1) is 5.69 Å². The highest BCUT2D eigenvalue weighted by Gasteiger charge is 2.24. The Morgan fingerprint density at radius 1 is 1.44 bits per heavy atom. The summed E-state index contributed by atoms with van der Waals surface area (Å²) in [5.41, 5.74) is 2.24. The third-order valence-electron chi connectivity index (χ3n) is 3.40. The highest BCUT2D eigenvalue weighted by molar-refractivity contribution is 5.93. The van der Waals surface area contributed by atoms with Crippen LogP contribution in [-0.2, 0) is 0 Å². The predicted octanol–water partition coefficient (Wildman–Crippen LogP) is 2.28. The Kier molecular flexibility index (Phi) is 4.20. The summed E-state index contributed by atoms with van der Waals surface area (Å²) in [6.07, 6.45) is 2.07. The zero-order chi connectivity index (χ0) is 13.0. The van der Waals surface area contributed by atoms with Crippen LogP contribution in [-0.4, -0.2) is 26.2 Å². The van der Waals surface area contributed by atoms with E-state index in [4.69, 9.17) is 0 Å². The molecule has 4 nitrogen and oxygen atoms in total. The fraction of sp³-hybridized carbons (Fsp3) is 0.500. The van der Waals surface area contributed by atoms with Gasteiger partial charge in [0.15, 0.2) is 0 Å². The van der Waals surface area contributed by atoms with Crippen LogP contribution in [0.3, 0.4) is 0 Å². The first-order valence-electron chi connectivity index (χ1n) is 6.59. The number of rotatable bonds is 2. The molecule has 1 unspecified atom stereocenters. The molecular weight excluding hydrogens is 226 g/mol. The second-order valence-corrected chi connectivity index (χ2v) is 4.53. The van der Waals surface area contributed by atoms with E-state index in [2.05, 4.69) is 16.7 Å². The first kappa shape index (κ1) is 12.9. The van der Waals surface area contributed by atoms with E-state index in [1.807, 2.05) is 37.1 Å². The molecule has 0 saturated heterocycles. The molecule has 0 fully saturated rings. The van der Waals surface area contributed by atoms with Gasteiger partial charge in [-0.05, 0) is 38.4 Å². The van der Waals surface area contributed by atoms with E-state index in [1.54, 1.807) is 0 Å². The first-order valence-corrected chi connectivity index (χ1v) is 6.59. The van der Waals surface area contributed by atoms with Crippen LogP contribution in [0.4, 0.5) is 10.5 Å². The van der Waals surface area contributed by atoms with Gasteiger partial charge < -0.3 is 10.6 Å². The van der Waals surface area contributed by atoms with E-state index in [-0.39, 0.29) is 6.03 Å². The lowest BCUT2D eigenvalue weighted by molar-refractivity contribution is 0.246. The van der Waals surface area contributed by atoms with Gasteiger partial charge in [0, 0.05) is 19.1 Å². The number of para-hydroxylation sites is 1. The van der Waals surface area contributed by atoms with Gasteiger partial charge in [-0.15, -0.1) is 0 Å². The van der Waals surface area contributed by atoms with Gasteiger partial charge >= 0.3 is 6.03 Å². The van der Waals surface area contributed by atoms with Gasteiger partial charge in [0.2, 0.25) is 0 Å². The molecule has 2 amide bonds. The topological polar surface area (TPSA) is 44.4 Å². The Morgan fingerprint density at radius 3 is 2.94 bits per heavy atom. The molecule has 1 aliphatic rings. The summed E-state index contributed by atoms with van der Waals surface area (Å²) in [5.74, 6) is 0. The van der Waals surface area contributed by atoms with E-state index < -0.39 is 0 Å². The number of amides is 2. The quantitative estimate of drug-likeness (QED) is 0.842. The summed E-state index contributed by atoms with van der Waals surface area (Å²) < 4.78 is 0. The normalized spacial score (nSPS) is 19.0. The molecule has 0 aliphatic carbocycles. The average Bonchev–Trinajstić information content (AvgIpc) is 2.58. The molecule has 2 N–H and O–H groups in total. The first-order chi connectivity index (χ1) is 8.77. The van der Waals surface area contributed by atoms with Gasteiger partial charge in [-0.1, -0.05) is 18.2 Å². The van der Waals surface area contributed by atoms with E-state index in [9.17, 15) is 4.79 Å². The van der Waals surface area contributed by atoms with Crippen molar-refractivity contribution in [2.24, 2.45) is 0 Å². The van der Waals surface area contributed by atoms with Gasteiger partial charge in [0.25, 0.3) is 0 Å². The molecule has 1 aliphatic heterocycles. The highest BCUT2D eigenvalue weighted by atomic mass is 16.2. The fourth-order valence-corrected chi connectivity index (χ4v) is 2.51. The molecule has 98 valence electrons. The van der Waals surface area contributed by atoms with Crippen LogP contribution in [0.1, 0.15) is 31.4 Å². The Morgan fingerprint density at radius 2 is 2.22 bits per heavy atom. The minimum Gasteiger partial charge on any atom is -0.338 e. The van der Waals surface area contributed by atoms with Crippen molar-refractivity contribution in [1.82, 2.24) is 10.6 Å². The van der Waals surface area contributed by atoms with Crippen LogP contribution in [0.25, 0.3) is 0 Å². The Labute approximate surface area is 108 Å². The molecule has 0 radical (unpaired) electrons. The SMILES string of the molecule is CCNC(=O)N1CCCC(NC)c2ccccc21. The van der Waals surface area contributed by atoms with Crippen molar-refractivity contribution in [3.05, 3.63) is 29.8 Å². The molecular formula is C14H21N3O. The summed E-state index contributed by atoms with van der Waals surface area (Å²) in [7, 11) is 1.98. The molecule has 0 aromatic heterocycles. The van der Waals surface area contributed by atoms with Crippen LogP contribution in [0.15, 0.2) is 24.3 Å². The number of hydrogen-bond acceptors (Lipinski definition) is 2. The number of carbonyl (C=O) groups is 1. The zero-order valence-corrected chi connectivity index (χ0v) is 11.1. The van der Waals surface area contributed by atoms with E-state index >= 15 is 0 Å². The summed E-state index contributed by atoms with van der Waals surface area (Å²) in [6.45, 7) is 3.38. The van der Waals surface area contributed by atoms with Crippen molar-refractivity contribution in [1.29, 1.82) is 0 Å². The van der Waals surface area contributed by atoms with Gasteiger partial charge in [0.1, 0.15) is 0 Å². The van der Waals surface area contributed by atoms with Crippen molar-refractivity contribution >= 4 is 11.7 Å². The van der Waals surface area contributed by atoms with Crippen LogP contribution in [0, 0.1) is 0 Å². The number of nitrogens with one attached hydrogen (secondary N) is 2. The number of benzene rings is 1. The van der Waals surface area contributed by atoms with Crippen molar-refractivity contribution < 1.29 is 4.79 Å². The molecule has 1 aromatic rings. The van der Waals surface area contributed by atoms with E-state index in [0.29, 0.717) is 12.6 Å². The zero-order valence-electron chi connectivity index (χ0n) is 11.1. The molecule has 18 heavy (non-hydrogen) atoms. The summed E-state index contributed by atoms with van der Waals surface area (Å²) >= 11 is 0. The lowest BCUT2D eigenvalue weighted by atomic mass is 10.0. The minimum atomic E-state index is 0.00158. The molecule has 1 atom stereocenters. The molecule has 0 saturated carbocycles. The summed E-state index contributed by atoms with van der Waals surface area (Å²) in [6, 6.07) is 8.49. The monoisotopic (exact) mass is 247 g/mol. The summed E-state index contributed by atoms with van der Waals surface area (Å²) in [4.78, 5) is 14.0. The van der Waals surface area contributed by atoms with Crippen LogP contribution >= 0.6 is 0 Å². The minimum absolute atomic E-state index is 0.00158. The molecule has 0 spiro atoms. The fourth-order valence-electron chi connectivity index (χ4n) is 2.51. The molecule has 2 rings (SSSR count). The van der Waals surface area contributed by atoms with Crippen LogP contribution in [0.5, 0.6) is 0 Å². The number of fused-ring (bicyclic) bond motifs is 1. The second kappa shape index (κ2) is 5.87. The summed E-state index contributed by atoms with van der Waals surface area (Å²) in [5, 5.41) is 6.22. The smallest absolute Gasteiger partial charge is 0.321 e. The van der Waals surface area contributed by atoms with E-state index in [0.717, 1.165) is 25.1 Å². The molecule has 0 bridgehead atoms. The van der Waals surface area contributed by atoms with Gasteiger partial charge in [-0.25, -0.2) is 4.79 Å². The Hall–Kier alpha value is -1.55. The number of carbonyl (C=O) groups excluding carboxylic acids is 1. The predicted molar refractivity (Wildman–Crippen MR) is 73.9 cm³/mol. The molecule has 1 aromatic carbocycles. The average molecular weight is 247 g/mol. The molecule has 4 heteroatoms. The third kappa shape index (κ3) is 2.48. The van der Waals surface area contributed by atoms with Gasteiger partial charge in [-0.3, -0.25) is 4.90 Å². The lowest BCUT2D eigenvalue weighted by Crippen LogP contribution is -2.40. The molecule has 1 heterocycles. The Balaban J connectivity index is 2.35. The van der Waals surface area contributed by atoms with Crippen molar-refractivity contribution in [2.45, 2.75) is 25.8 Å². The van der Waals surface area contributed by atoms with E-state index in [1.165, 1.54) is 5.56 Å². The maximum absolute atomic E-state index is 12.1. The number of hydrogen-bond donors (Lipinski definition) is 2. The third-order valence-corrected chi connectivity index (χ3v) is 3.40. The second-order valence-electron chi connectivity index (χ2n) is 4.53. The number of anilines is 1. The standard InChI is InChI=1S/C14H21N3O/c1-3-16-14(18)17-10-6-8-12(15-2)11-7-4-5-9-13(11)17/h4-5,7,9,12,15H,3,6,8,10H2,1-2H3,(H,16,18). The van der Waals surface area contributed by atoms with Crippen LogP contribution < -0.4 is 15.5 Å². The van der Waals surface area contributed by atoms with Crippen LogP contribution in [0.2, 0.25) is 0 Å². The maximum atomic E-state index is 12.1. The van der Waals surface area contributed by atoms with Crippen molar-refractivity contribution in [2.75, 3.05) is 25.0 Å². The largest absolute Gasteiger partial charge is 0.338 e. The number of nitrogens with zero attached hydrogens (tertiary/aromatic N) is 1. The Bertz CT molecular complexity index is 419. The van der Waals surface area contributed by atoms with Crippen molar-refractivity contribution in [3.63, 3.8) is 0 Å². The number of urea groups is 1. The maximum Gasteiger partial charge on any atom is 0.321 e. The highest BCUT2D eigenvalue weighted by Crippen LogP contribution is 2.32.